The van der Waals surface area contributed by atoms with Crippen LogP contribution in [0.1, 0.15) is 70.8 Å². The highest BCUT2D eigenvalue weighted by atomic mass is 16.2. The number of carbonyl (C=O) groups is 1. The van der Waals surface area contributed by atoms with Gasteiger partial charge in [-0.05, 0) is 52.7 Å². The number of nitrogens with zero attached hydrogens (tertiary/aromatic N) is 6. The summed E-state index contributed by atoms with van der Waals surface area (Å²) in [6.07, 6.45) is 6.53. The summed E-state index contributed by atoms with van der Waals surface area (Å²) in [6.45, 7) is 6.60. The molecule has 1 saturated carbocycles. The van der Waals surface area contributed by atoms with Gasteiger partial charge in [0.2, 0.25) is 0 Å². The number of rotatable bonds is 3. The van der Waals surface area contributed by atoms with Gasteiger partial charge < -0.3 is 14.4 Å². The molecular formula is C21H30N6O. The van der Waals surface area contributed by atoms with E-state index in [4.69, 9.17) is 4.98 Å². The minimum absolute atomic E-state index is 0.134. The molecule has 7 nitrogen and oxygen atoms in total. The van der Waals surface area contributed by atoms with E-state index in [1.807, 2.05) is 18.1 Å². The summed E-state index contributed by atoms with van der Waals surface area (Å²) in [5.41, 5.74) is 4.29. The van der Waals surface area contributed by atoms with E-state index in [1.54, 1.807) is 4.68 Å². The van der Waals surface area contributed by atoms with E-state index < -0.39 is 0 Å². The predicted molar refractivity (Wildman–Crippen MR) is 106 cm³/mol. The lowest BCUT2D eigenvalue weighted by atomic mass is 9.92. The average molecular weight is 383 g/mol. The maximum absolute atomic E-state index is 13.3. The van der Waals surface area contributed by atoms with Crippen LogP contribution in [-0.2, 0) is 20.1 Å². The van der Waals surface area contributed by atoms with E-state index in [9.17, 15) is 4.79 Å². The van der Waals surface area contributed by atoms with Crippen LogP contribution in [0.2, 0.25) is 0 Å². The van der Waals surface area contributed by atoms with Gasteiger partial charge >= 0.3 is 0 Å². The Morgan fingerprint density at radius 2 is 1.71 bits per heavy atom. The maximum atomic E-state index is 13.3. The van der Waals surface area contributed by atoms with Crippen LogP contribution < -0.4 is 0 Å². The van der Waals surface area contributed by atoms with Crippen molar-refractivity contribution in [3.8, 4) is 0 Å². The van der Waals surface area contributed by atoms with Crippen molar-refractivity contribution in [2.45, 2.75) is 57.5 Å². The number of fused-ring (bicyclic) bond motifs is 1. The molecule has 0 unspecified atom stereocenters. The molecule has 0 atom stereocenters. The van der Waals surface area contributed by atoms with Gasteiger partial charge in [-0.2, -0.15) is 5.10 Å². The lowest BCUT2D eigenvalue weighted by Gasteiger charge is -2.32. The third-order valence-electron chi connectivity index (χ3n) is 6.67. The van der Waals surface area contributed by atoms with Crippen LogP contribution in [-0.4, -0.2) is 61.7 Å². The molecular weight excluding hydrogens is 352 g/mol. The van der Waals surface area contributed by atoms with E-state index in [-0.39, 0.29) is 5.91 Å². The van der Waals surface area contributed by atoms with Gasteiger partial charge in [-0.25, -0.2) is 4.98 Å². The third-order valence-corrected chi connectivity index (χ3v) is 6.67. The van der Waals surface area contributed by atoms with Gasteiger partial charge in [0.25, 0.3) is 5.91 Å². The van der Waals surface area contributed by atoms with Crippen molar-refractivity contribution in [3.05, 3.63) is 34.7 Å². The maximum Gasteiger partial charge on any atom is 0.257 e. The number of aromatic nitrogens is 4. The summed E-state index contributed by atoms with van der Waals surface area (Å²) in [5, 5.41) is 4.58. The van der Waals surface area contributed by atoms with Gasteiger partial charge in [0, 0.05) is 38.2 Å². The quantitative estimate of drug-likeness (QED) is 0.817. The van der Waals surface area contributed by atoms with Crippen molar-refractivity contribution in [2.24, 2.45) is 7.05 Å². The van der Waals surface area contributed by atoms with Crippen LogP contribution in [0.25, 0.3) is 0 Å². The first kappa shape index (κ1) is 17.9. The predicted octanol–water partition coefficient (Wildman–Crippen LogP) is 2.27. The van der Waals surface area contributed by atoms with Crippen LogP contribution in [0.3, 0.4) is 0 Å². The lowest BCUT2D eigenvalue weighted by molar-refractivity contribution is 0.0707. The Kier molecular flexibility index (Phi) is 4.30. The molecule has 2 aromatic rings. The summed E-state index contributed by atoms with van der Waals surface area (Å²) < 4.78 is 4.13. The van der Waals surface area contributed by atoms with Gasteiger partial charge in [0.1, 0.15) is 5.82 Å². The van der Waals surface area contributed by atoms with Crippen LogP contribution in [0, 0.1) is 6.92 Å². The molecule has 0 bridgehead atoms. The van der Waals surface area contributed by atoms with Gasteiger partial charge in [-0.3, -0.25) is 9.48 Å². The molecule has 28 heavy (non-hydrogen) atoms. The Morgan fingerprint density at radius 1 is 1.00 bits per heavy atom. The van der Waals surface area contributed by atoms with Crippen molar-refractivity contribution < 1.29 is 4.79 Å². The van der Waals surface area contributed by atoms with Gasteiger partial charge in [0.15, 0.2) is 0 Å². The first-order valence-corrected chi connectivity index (χ1v) is 10.6. The number of amides is 1. The molecule has 2 fully saturated rings. The van der Waals surface area contributed by atoms with E-state index >= 15 is 0 Å². The third kappa shape index (κ3) is 3.05. The fourth-order valence-corrected chi connectivity index (χ4v) is 4.86. The Bertz CT molecular complexity index is 900. The molecule has 4 heterocycles. The molecule has 3 aliphatic rings. The Hall–Kier alpha value is -2.15. The lowest BCUT2D eigenvalue weighted by Crippen LogP contribution is -2.39. The van der Waals surface area contributed by atoms with E-state index in [0.717, 1.165) is 68.9 Å². The fourth-order valence-electron chi connectivity index (χ4n) is 4.86. The second-order valence-corrected chi connectivity index (χ2v) is 8.82. The second-order valence-electron chi connectivity index (χ2n) is 8.82. The van der Waals surface area contributed by atoms with Crippen molar-refractivity contribution >= 4 is 5.91 Å². The summed E-state index contributed by atoms with van der Waals surface area (Å²) in [5.74, 6) is 2.22. The number of imidazole rings is 1. The topological polar surface area (TPSA) is 59.2 Å². The van der Waals surface area contributed by atoms with E-state index in [2.05, 4.69) is 28.5 Å². The van der Waals surface area contributed by atoms with Crippen molar-refractivity contribution in [3.63, 3.8) is 0 Å². The highest BCUT2D eigenvalue weighted by Crippen LogP contribution is 2.41. The zero-order valence-electron chi connectivity index (χ0n) is 17.2. The zero-order valence-corrected chi connectivity index (χ0v) is 17.2. The van der Waals surface area contributed by atoms with Crippen molar-refractivity contribution in [2.75, 3.05) is 26.7 Å². The molecule has 2 aliphatic heterocycles. The molecule has 150 valence electrons. The summed E-state index contributed by atoms with van der Waals surface area (Å²) in [6, 6.07) is 0. The monoisotopic (exact) mass is 382 g/mol. The minimum Gasteiger partial charge on any atom is -0.331 e. The van der Waals surface area contributed by atoms with E-state index in [0.29, 0.717) is 18.4 Å². The summed E-state index contributed by atoms with van der Waals surface area (Å²) in [7, 11) is 4.10. The minimum atomic E-state index is 0.134. The normalized spacial score (nSPS) is 21.2. The highest BCUT2D eigenvalue weighted by molar-refractivity contribution is 5.95. The Balaban J connectivity index is 1.41. The second kappa shape index (κ2) is 6.72. The number of hydrogen-bond acceptors (Lipinski definition) is 4. The molecule has 1 aliphatic carbocycles. The van der Waals surface area contributed by atoms with Crippen LogP contribution in [0.15, 0.2) is 6.20 Å². The van der Waals surface area contributed by atoms with Crippen LogP contribution in [0.4, 0.5) is 0 Å². The molecule has 0 radical (unpaired) electrons. The van der Waals surface area contributed by atoms with Crippen molar-refractivity contribution in [1.29, 1.82) is 0 Å². The smallest absolute Gasteiger partial charge is 0.257 e. The van der Waals surface area contributed by atoms with Gasteiger partial charge in [-0.1, -0.05) is 0 Å². The summed E-state index contributed by atoms with van der Waals surface area (Å²) >= 11 is 0. The van der Waals surface area contributed by atoms with Gasteiger partial charge in [-0.15, -0.1) is 0 Å². The molecule has 0 aromatic carbocycles. The first-order valence-electron chi connectivity index (χ1n) is 10.6. The fraction of sp³-hybridized carbons (Fsp3) is 0.667. The molecule has 2 aromatic heterocycles. The molecule has 1 saturated heterocycles. The zero-order chi connectivity index (χ0) is 19.4. The molecule has 1 amide bonds. The molecule has 0 spiro atoms. The highest BCUT2D eigenvalue weighted by Gasteiger charge is 2.35. The SMILES string of the molecule is Cc1nc(C2CCN(C)CC2)c2n1CCN(C(=O)c1cn(C)nc1C1CC1)C2. The number of hydrogen-bond donors (Lipinski definition) is 0. The molecule has 5 rings (SSSR count). The molecule has 7 heteroatoms. The first-order chi connectivity index (χ1) is 13.5. The largest absolute Gasteiger partial charge is 0.331 e. The number of piperidine rings is 1. The molecule has 0 N–H and O–H groups in total. The van der Waals surface area contributed by atoms with E-state index in [1.165, 1.54) is 11.4 Å². The number of aryl methyl sites for hydroxylation is 2. The van der Waals surface area contributed by atoms with Crippen molar-refractivity contribution in [1.82, 2.24) is 29.1 Å². The standard InChI is InChI=1S/C21H30N6O/c1-14-22-20(16-6-8-24(2)9-7-16)18-13-26(10-11-27(14)18)21(28)17-12-25(3)23-19(17)15-4-5-15/h12,15-16H,4-11,13H2,1-3H3. The van der Waals surface area contributed by atoms with Crippen LogP contribution >= 0.6 is 0 Å². The van der Waals surface area contributed by atoms with Crippen LogP contribution in [0.5, 0.6) is 0 Å². The number of likely N-dealkylation sites (tertiary alicyclic amines) is 1. The average Bonchev–Trinajstić information content (AvgIpc) is 3.39. The Morgan fingerprint density at radius 3 is 2.43 bits per heavy atom. The summed E-state index contributed by atoms with van der Waals surface area (Å²) in [4.78, 5) is 22.7. The number of carbonyl (C=O) groups excluding carboxylic acids is 1. The Labute approximate surface area is 166 Å². The van der Waals surface area contributed by atoms with Gasteiger partial charge in [0.05, 0.1) is 29.2 Å².